The van der Waals surface area contributed by atoms with Crippen LogP contribution in [0, 0.1) is 29.6 Å². The first-order valence-electron chi connectivity index (χ1n) is 25.2. The van der Waals surface area contributed by atoms with E-state index in [0.717, 1.165) is 79.9 Å². The summed E-state index contributed by atoms with van der Waals surface area (Å²) in [6, 6.07) is 32.6. The number of nitrogens with one attached hydrogen (secondary N) is 1. The van der Waals surface area contributed by atoms with Crippen molar-refractivity contribution in [2.75, 3.05) is 4.90 Å². The van der Waals surface area contributed by atoms with Gasteiger partial charge in [0.05, 0.1) is 29.6 Å². The highest BCUT2D eigenvalue weighted by molar-refractivity contribution is 6.16. The van der Waals surface area contributed by atoms with Gasteiger partial charge in [-0.1, -0.05) is 170 Å². The zero-order valence-electron chi connectivity index (χ0n) is 38.4. The van der Waals surface area contributed by atoms with Gasteiger partial charge in [-0.05, 0) is 96.9 Å². The number of amidine groups is 2. The smallest absolute Gasteiger partial charge is 0.152 e. The van der Waals surface area contributed by atoms with E-state index in [1.54, 1.807) is 0 Å². The third-order valence-corrected chi connectivity index (χ3v) is 15.9. The molecule has 0 spiro atoms. The molecule has 8 atom stereocenters. The molecular formula is C62H57N5O. The Morgan fingerprint density at radius 1 is 0.662 bits per heavy atom. The lowest BCUT2D eigenvalue weighted by molar-refractivity contribution is 0.0967. The average molecular weight is 888 g/mol. The molecule has 4 heterocycles. The summed E-state index contributed by atoms with van der Waals surface area (Å²) in [5.41, 5.74) is 14.0. The third-order valence-electron chi connectivity index (χ3n) is 15.9. The molecule has 0 saturated carbocycles. The number of hydrogen-bond donors (Lipinski definition) is 1. The first kappa shape index (κ1) is 41.2. The minimum Gasteiger partial charge on any atom is -0.493 e. The molecular weight excluding hydrogens is 831 g/mol. The number of benzene rings is 3. The number of anilines is 1. The van der Waals surface area contributed by atoms with Crippen LogP contribution in [0.2, 0.25) is 0 Å². The van der Waals surface area contributed by atoms with Crippen LogP contribution in [0.1, 0.15) is 62.5 Å². The molecule has 4 aliphatic heterocycles. The molecule has 1 fully saturated rings. The van der Waals surface area contributed by atoms with Crippen molar-refractivity contribution in [2.45, 2.75) is 75.7 Å². The highest BCUT2D eigenvalue weighted by Gasteiger charge is 2.54. The van der Waals surface area contributed by atoms with Crippen LogP contribution in [0.25, 0.3) is 0 Å². The van der Waals surface area contributed by atoms with Crippen LogP contribution in [0.15, 0.2) is 248 Å². The molecule has 336 valence electrons. The van der Waals surface area contributed by atoms with Crippen molar-refractivity contribution in [3.63, 3.8) is 0 Å². The van der Waals surface area contributed by atoms with Gasteiger partial charge in [-0.3, -0.25) is 4.99 Å². The van der Waals surface area contributed by atoms with E-state index in [-0.39, 0.29) is 29.9 Å². The van der Waals surface area contributed by atoms with Gasteiger partial charge in [0.25, 0.3) is 0 Å². The van der Waals surface area contributed by atoms with Gasteiger partial charge in [0.15, 0.2) is 6.17 Å². The van der Waals surface area contributed by atoms with Crippen molar-refractivity contribution in [3.05, 3.63) is 244 Å². The number of para-hydroxylation sites is 1. The fourth-order valence-corrected chi connectivity index (χ4v) is 12.7. The van der Waals surface area contributed by atoms with E-state index >= 15 is 0 Å². The Morgan fingerprint density at radius 3 is 2.19 bits per heavy atom. The summed E-state index contributed by atoms with van der Waals surface area (Å²) >= 11 is 0. The van der Waals surface area contributed by atoms with Gasteiger partial charge in [0.1, 0.15) is 23.5 Å². The number of fused-ring (bicyclic) bond motifs is 6. The summed E-state index contributed by atoms with van der Waals surface area (Å²) < 4.78 is 7.36. The molecule has 68 heavy (non-hydrogen) atoms. The van der Waals surface area contributed by atoms with Crippen molar-refractivity contribution in [1.82, 2.24) is 5.32 Å². The average Bonchev–Trinajstić information content (AvgIpc) is 3.98. The summed E-state index contributed by atoms with van der Waals surface area (Å²) in [7, 11) is 0. The van der Waals surface area contributed by atoms with Crippen molar-refractivity contribution < 1.29 is 4.74 Å². The van der Waals surface area contributed by atoms with Crippen LogP contribution >= 0.6 is 0 Å². The zero-order valence-corrected chi connectivity index (χ0v) is 38.4. The minimum atomic E-state index is -0.421. The fourth-order valence-electron chi connectivity index (χ4n) is 12.7. The number of rotatable bonds is 8. The molecule has 0 bridgehead atoms. The van der Waals surface area contributed by atoms with Crippen molar-refractivity contribution in [2.24, 2.45) is 44.6 Å². The van der Waals surface area contributed by atoms with Crippen molar-refractivity contribution in [3.8, 4) is 0 Å². The quantitative estimate of drug-likeness (QED) is 0.245. The molecule has 0 aromatic heterocycles. The van der Waals surface area contributed by atoms with Gasteiger partial charge >= 0.3 is 0 Å². The van der Waals surface area contributed by atoms with E-state index in [1.807, 2.05) is 0 Å². The number of ether oxygens (including phenoxy) is 1. The van der Waals surface area contributed by atoms with Crippen LogP contribution in [0.3, 0.4) is 0 Å². The van der Waals surface area contributed by atoms with E-state index in [2.05, 4.69) is 199 Å². The molecule has 6 aliphatic carbocycles. The number of hydrogen-bond acceptors (Lipinski definition) is 6. The Kier molecular flexibility index (Phi) is 10.6. The van der Waals surface area contributed by atoms with Gasteiger partial charge in [-0.25, -0.2) is 9.98 Å². The van der Waals surface area contributed by atoms with Crippen LogP contribution < -0.4 is 10.2 Å². The second-order valence-corrected chi connectivity index (χ2v) is 19.7. The van der Waals surface area contributed by atoms with Crippen molar-refractivity contribution in [1.29, 1.82) is 0 Å². The summed E-state index contributed by atoms with van der Waals surface area (Å²) in [6.45, 7) is 0. The van der Waals surface area contributed by atoms with E-state index in [9.17, 15) is 0 Å². The Morgan fingerprint density at radius 2 is 1.44 bits per heavy atom. The predicted octanol–water partition coefficient (Wildman–Crippen LogP) is 12.8. The zero-order chi connectivity index (χ0) is 45.0. The first-order valence-corrected chi connectivity index (χ1v) is 25.2. The molecule has 1 N–H and O–H groups in total. The largest absolute Gasteiger partial charge is 0.493 e. The Hall–Kier alpha value is -7.05. The SMILES string of the molecule is C1=CCC(C2=CCC(C3=CCCC=C3)C=C2C2=CN=C(C3=CCCC4OC5=C(C=CC6C5C5=CC=CCC5N6c5ccccc5)C34)C(C3N=C(c4ccccc4)NC(c4ccccc4)=N3)C2)C=C1. The normalized spacial score (nSPS) is 30.2. The maximum atomic E-state index is 7.36. The maximum absolute atomic E-state index is 7.36. The lowest BCUT2D eigenvalue weighted by Crippen LogP contribution is -2.42. The van der Waals surface area contributed by atoms with Crippen LogP contribution in [-0.2, 0) is 4.74 Å². The summed E-state index contributed by atoms with van der Waals surface area (Å²) in [4.78, 5) is 19.6. The molecule has 6 heteroatoms. The molecule has 3 aromatic carbocycles. The molecule has 13 rings (SSSR count). The lowest BCUT2D eigenvalue weighted by Gasteiger charge is -2.37. The number of nitrogens with zero attached hydrogens (tertiary/aromatic N) is 4. The Bertz CT molecular complexity index is 2940. The predicted molar refractivity (Wildman–Crippen MR) is 277 cm³/mol. The molecule has 8 unspecified atom stereocenters. The van der Waals surface area contributed by atoms with Crippen LogP contribution in [0.5, 0.6) is 0 Å². The lowest BCUT2D eigenvalue weighted by atomic mass is 9.70. The monoisotopic (exact) mass is 887 g/mol. The standard InChI is InChI=1S/C62H57N5O/c1-6-19-40(20-7-1)44-33-34-47(41-21-8-2-9-22-41)51(37-44)45-38-52(62-65-60(42-23-10-3-11-24-42)64-61(66-62)43-25-12-4-13-26-43)58(63-39-45)49-30-18-32-55-56(49)50-35-36-54-57(59(50)68-55)48-29-16-17-31-53(48)67(54)46-27-14-5-15-28-46/h2-6,8-17,19-21,23-30,34-37,39,41,44,52-57,62H,1,7,18,22,31-33,38H2,(H,64,65,66). The summed E-state index contributed by atoms with van der Waals surface area (Å²) in [6.07, 6.45) is 45.5. The van der Waals surface area contributed by atoms with Gasteiger partial charge in [-0.15, -0.1) is 0 Å². The summed E-state index contributed by atoms with van der Waals surface area (Å²) in [5, 5.41) is 3.68. The second-order valence-electron chi connectivity index (χ2n) is 19.7. The second kappa shape index (κ2) is 17.6. The first-order chi connectivity index (χ1) is 33.7. The van der Waals surface area contributed by atoms with E-state index in [0.29, 0.717) is 17.9 Å². The Labute approximate surface area is 400 Å². The van der Waals surface area contributed by atoms with E-state index < -0.39 is 6.17 Å². The summed E-state index contributed by atoms with van der Waals surface area (Å²) in [5.74, 6) is 3.61. The number of allylic oxidation sites excluding steroid dienone is 17. The highest BCUT2D eigenvalue weighted by Crippen LogP contribution is 2.55. The number of aliphatic imine (C=N–C) groups is 3. The highest BCUT2D eigenvalue weighted by atomic mass is 16.5. The maximum Gasteiger partial charge on any atom is 0.152 e. The van der Waals surface area contributed by atoms with Gasteiger partial charge in [-0.2, -0.15) is 0 Å². The molecule has 3 aromatic rings. The fraction of sp³-hybridized carbons (Fsp3) is 0.274. The minimum absolute atomic E-state index is 0.0418. The van der Waals surface area contributed by atoms with Gasteiger partial charge in [0, 0.05) is 46.3 Å². The van der Waals surface area contributed by atoms with Crippen LogP contribution in [-0.4, -0.2) is 41.7 Å². The Balaban J connectivity index is 0.940. The molecule has 0 amide bonds. The third kappa shape index (κ3) is 7.28. The van der Waals surface area contributed by atoms with E-state index in [1.165, 1.54) is 50.5 Å². The van der Waals surface area contributed by atoms with Gasteiger partial charge in [0.2, 0.25) is 0 Å². The van der Waals surface area contributed by atoms with Gasteiger partial charge < -0.3 is 15.0 Å². The molecule has 6 nitrogen and oxygen atoms in total. The molecule has 0 radical (unpaired) electrons. The van der Waals surface area contributed by atoms with Crippen LogP contribution in [0.4, 0.5) is 5.69 Å². The molecule has 1 saturated heterocycles. The van der Waals surface area contributed by atoms with Crippen molar-refractivity contribution >= 4 is 23.1 Å². The molecule has 10 aliphatic rings. The topological polar surface area (TPSA) is 61.6 Å². The van der Waals surface area contributed by atoms with E-state index in [4.69, 9.17) is 19.7 Å².